The quantitative estimate of drug-likeness (QED) is 0.670. The van der Waals surface area contributed by atoms with Crippen LogP contribution in [0.5, 0.6) is 0 Å². The van der Waals surface area contributed by atoms with Gasteiger partial charge in [-0.05, 0) is 18.6 Å². The molecule has 0 bridgehead atoms. The molecule has 0 unspecified atom stereocenters. The topological polar surface area (TPSA) is 81.0 Å². The molecule has 20 heavy (non-hydrogen) atoms. The highest BCUT2D eigenvalue weighted by Gasteiger charge is 2.19. The molecule has 2 aromatic rings. The number of hydrogen-bond donors (Lipinski definition) is 1. The summed E-state index contributed by atoms with van der Waals surface area (Å²) >= 11 is 0. The van der Waals surface area contributed by atoms with Crippen LogP contribution in [-0.4, -0.2) is 21.4 Å². The lowest BCUT2D eigenvalue weighted by atomic mass is 10.1. The molecule has 0 atom stereocenters. The first kappa shape index (κ1) is 13.9. The first-order valence-corrected chi connectivity index (χ1v) is 6.13. The zero-order chi connectivity index (χ0) is 14.5. The number of nitrogens with one attached hydrogen (secondary N) is 1. The Kier molecular flexibility index (Phi) is 4.19. The van der Waals surface area contributed by atoms with Gasteiger partial charge in [-0.1, -0.05) is 19.1 Å². The number of halogens is 1. The Balaban J connectivity index is 2.49. The first-order valence-electron chi connectivity index (χ1n) is 6.13. The summed E-state index contributed by atoms with van der Waals surface area (Å²) in [6.07, 6.45) is 2.00. The van der Waals surface area contributed by atoms with E-state index >= 15 is 0 Å². The summed E-state index contributed by atoms with van der Waals surface area (Å²) in [5.41, 5.74) is 0.194. The van der Waals surface area contributed by atoms with E-state index in [1.807, 2.05) is 6.92 Å². The maximum Gasteiger partial charge on any atom is 0.313 e. The van der Waals surface area contributed by atoms with E-state index in [2.05, 4.69) is 15.3 Å². The number of nitro groups is 1. The lowest BCUT2D eigenvalue weighted by Gasteiger charge is -2.06. The summed E-state index contributed by atoms with van der Waals surface area (Å²) in [7, 11) is 0. The van der Waals surface area contributed by atoms with Gasteiger partial charge in [0.25, 0.3) is 0 Å². The van der Waals surface area contributed by atoms with E-state index in [-0.39, 0.29) is 17.3 Å². The molecule has 0 fully saturated rings. The van der Waals surface area contributed by atoms with Gasteiger partial charge in [0.1, 0.15) is 12.0 Å². The Hall–Kier alpha value is -2.57. The van der Waals surface area contributed by atoms with Crippen LogP contribution in [0.15, 0.2) is 30.5 Å². The van der Waals surface area contributed by atoms with Gasteiger partial charge >= 0.3 is 5.69 Å². The van der Waals surface area contributed by atoms with Crippen molar-refractivity contribution in [3.05, 3.63) is 46.4 Å². The van der Waals surface area contributed by atoms with E-state index in [4.69, 9.17) is 0 Å². The van der Waals surface area contributed by atoms with Crippen molar-refractivity contribution in [1.82, 2.24) is 9.97 Å². The van der Waals surface area contributed by atoms with Crippen molar-refractivity contribution in [1.29, 1.82) is 0 Å². The summed E-state index contributed by atoms with van der Waals surface area (Å²) in [4.78, 5) is 18.4. The Morgan fingerprint density at radius 3 is 2.90 bits per heavy atom. The smallest absolute Gasteiger partial charge is 0.313 e. The molecule has 2 rings (SSSR count). The maximum atomic E-state index is 13.3. The second kappa shape index (κ2) is 6.05. The molecule has 7 heteroatoms. The molecule has 1 N–H and O–H groups in total. The summed E-state index contributed by atoms with van der Waals surface area (Å²) in [5.74, 6) is -0.185. The third-order valence-corrected chi connectivity index (χ3v) is 2.60. The molecule has 0 aliphatic rings. The number of rotatable bonds is 5. The second-order valence-electron chi connectivity index (χ2n) is 4.12. The zero-order valence-corrected chi connectivity index (χ0v) is 10.8. The fourth-order valence-corrected chi connectivity index (χ4v) is 1.68. The molecule has 0 aliphatic carbocycles. The Morgan fingerprint density at radius 2 is 2.25 bits per heavy atom. The molecule has 1 aromatic carbocycles. The lowest BCUT2D eigenvalue weighted by Crippen LogP contribution is -2.06. The lowest BCUT2D eigenvalue weighted by molar-refractivity contribution is -0.384. The first-order chi connectivity index (χ1) is 9.61. The highest BCUT2D eigenvalue weighted by atomic mass is 19.1. The molecule has 0 radical (unpaired) electrons. The van der Waals surface area contributed by atoms with Crippen molar-refractivity contribution in [3.63, 3.8) is 0 Å². The van der Waals surface area contributed by atoms with Crippen LogP contribution < -0.4 is 5.32 Å². The number of nitrogens with zero attached hydrogens (tertiary/aromatic N) is 3. The Labute approximate surface area is 114 Å². The van der Waals surface area contributed by atoms with E-state index in [1.54, 1.807) is 6.07 Å². The molecule has 0 amide bonds. The minimum absolute atomic E-state index is 0.100. The normalized spacial score (nSPS) is 10.3. The molecule has 6 nitrogen and oxygen atoms in total. The minimum Gasteiger partial charge on any atom is -0.354 e. The monoisotopic (exact) mass is 276 g/mol. The van der Waals surface area contributed by atoms with Crippen LogP contribution in [0.25, 0.3) is 11.3 Å². The largest absolute Gasteiger partial charge is 0.354 e. The number of hydrogen-bond acceptors (Lipinski definition) is 5. The molecule has 104 valence electrons. The maximum absolute atomic E-state index is 13.3. The van der Waals surface area contributed by atoms with Gasteiger partial charge in [-0.2, -0.15) is 0 Å². The van der Waals surface area contributed by atoms with Crippen LogP contribution in [0.4, 0.5) is 16.0 Å². The van der Waals surface area contributed by atoms with Gasteiger partial charge in [-0.15, -0.1) is 0 Å². The van der Waals surface area contributed by atoms with Crippen molar-refractivity contribution >= 4 is 11.6 Å². The van der Waals surface area contributed by atoms with E-state index in [9.17, 15) is 14.5 Å². The third kappa shape index (κ3) is 3.05. The fraction of sp³-hybridized carbons (Fsp3) is 0.231. The highest BCUT2D eigenvalue weighted by Crippen LogP contribution is 2.28. The highest BCUT2D eigenvalue weighted by molar-refractivity contribution is 5.69. The molecule has 0 saturated heterocycles. The molecule has 0 aliphatic heterocycles. The standard InChI is InChI=1S/C13H13FN4O2/c1-2-6-15-13-16-8-11(18(19)20)12(17-13)9-4-3-5-10(14)7-9/h3-5,7-8H,2,6H2,1H3,(H,15,16,17). The SMILES string of the molecule is CCCNc1ncc([N+](=O)[O-])c(-c2cccc(F)c2)n1. The number of anilines is 1. The Morgan fingerprint density at radius 1 is 1.45 bits per heavy atom. The average molecular weight is 276 g/mol. The minimum atomic E-state index is -0.580. The van der Waals surface area contributed by atoms with E-state index in [0.717, 1.165) is 12.6 Å². The van der Waals surface area contributed by atoms with E-state index < -0.39 is 10.7 Å². The van der Waals surface area contributed by atoms with Gasteiger partial charge < -0.3 is 5.32 Å². The molecule has 0 saturated carbocycles. The van der Waals surface area contributed by atoms with Crippen molar-refractivity contribution in [2.75, 3.05) is 11.9 Å². The summed E-state index contributed by atoms with van der Waals surface area (Å²) in [5, 5.41) is 14.0. The summed E-state index contributed by atoms with van der Waals surface area (Å²) in [6.45, 7) is 2.63. The number of aromatic nitrogens is 2. The summed E-state index contributed by atoms with van der Waals surface area (Å²) < 4.78 is 13.3. The molecule has 1 aromatic heterocycles. The molecule has 1 heterocycles. The van der Waals surface area contributed by atoms with Gasteiger partial charge in [-0.25, -0.2) is 14.4 Å². The summed E-state index contributed by atoms with van der Waals surface area (Å²) in [6, 6.07) is 5.53. The van der Waals surface area contributed by atoms with Crippen LogP contribution in [0.3, 0.4) is 0 Å². The average Bonchev–Trinajstić information content (AvgIpc) is 2.44. The predicted octanol–water partition coefficient (Wildman–Crippen LogP) is 3.01. The zero-order valence-electron chi connectivity index (χ0n) is 10.8. The van der Waals surface area contributed by atoms with Crippen molar-refractivity contribution in [2.45, 2.75) is 13.3 Å². The fourth-order valence-electron chi connectivity index (χ4n) is 1.68. The van der Waals surface area contributed by atoms with Gasteiger partial charge in [-0.3, -0.25) is 10.1 Å². The number of benzene rings is 1. The molecular weight excluding hydrogens is 263 g/mol. The van der Waals surface area contributed by atoms with Crippen LogP contribution in [0.1, 0.15) is 13.3 Å². The van der Waals surface area contributed by atoms with Gasteiger partial charge in [0.2, 0.25) is 5.95 Å². The van der Waals surface area contributed by atoms with Gasteiger partial charge in [0, 0.05) is 12.1 Å². The van der Waals surface area contributed by atoms with Crippen molar-refractivity contribution in [2.24, 2.45) is 0 Å². The van der Waals surface area contributed by atoms with Crippen molar-refractivity contribution in [3.8, 4) is 11.3 Å². The van der Waals surface area contributed by atoms with Crippen LogP contribution in [0, 0.1) is 15.9 Å². The molecule has 0 spiro atoms. The third-order valence-electron chi connectivity index (χ3n) is 2.60. The molecular formula is C13H13FN4O2. The Bertz CT molecular complexity index is 634. The second-order valence-corrected chi connectivity index (χ2v) is 4.12. The van der Waals surface area contributed by atoms with Crippen molar-refractivity contribution < 1.29 is 9.31 Å². The van der Waals surface area contributed by atoms with Crippen LogP contribution in [0.2, 0.25) is 0 Å². The van der Waals surface area contributed by atoms with E-state index in [1.165, 1.54) is 18.2 Å². The van der Waals surface area contributed by atoms with Gasteiger partial charge in [0.05, 0.1) is 4.92 Å². The van der Waals surface area contributed by atoms with Gasteiger partial charge in [0.15, 0.2) is 5.69 Å². The van der Waals surface area contributed by atoms with E-state index in [0.29, 0.717) is 12.1 Å². The van der Waals surface area contributed by atoms with Crippen LogP contribution >= 0.6 is 0 Å². The predicted molar refractivity (Wildman–Crippen MR) is 72.9 cm³/mol. The van der Waals surface area contributed by atoms with Crippen LogP contribution in [-0.2, 0) is 0 Å².